The first-order chi connectivity index (χ1) is 8.12. The zero-order valence-corrected chi connectivity index (χ0v) is 11.2. The van der Waals surface area contributed by atoms with Crippen LogP contribution in [0, 0.1) is 0 Å². The molecule has 1 fully saturated rings. The predicted octanol–water partition coefficient (Wildman–Crippen LogP) is 1.40. The Morgan fingerprint density at radius 1 is 1.71 bits per heavy atom. The molecule has 1 amide bonds. The van der Waals surface area contributed by atoms with E-state index in [-0.39, 0.29) is 5.91 Å². The number of halogens is 1. The Kier molecular flexibility index (Phi) is 4.04. The van der Waals surface area contributed by atoms with Gasteiger partial charge in [0.1, 0.15) is 0 Å². The van der Waals surface area contributed by atoms with E-state index in [2.05, 4.69) is 10.6 Å². The minimum absolute atomic E-state index is 0.105. The number of rotatable bonds is 3. The average Bonchev–Trinajstić information content (AvgIpc) is 2.73. The van der Waals surface area contributed by atoms with Gasteiger partial charge in [-0.1, -0.05) is 11.6 Å². The van der Waals surface area contributed by atoms with E-state index in [4.69, 9.17) is 16.3 Å². The maximum atomic E-state index is 12.0. The number of nitrogens with one attached hydrogen (secondary N) is 2. The summed E-state index contributed by atoms with van der Waals surface area (Å²) in [5.74, 6) is -0.105. The lowest BCUT2D eigenvalue weighted by atomic mass is 10.0. The van der Waals surface area contributed by atoms with Crippen LogP contribution >= 0.6 is 22.9 Å². The van der Waals surface area contributed by atoms with Crippen LogP contribution in [0.1, 0.15) is 12.5 Å². The van der Waals surface area contributed by atoms with E-state index >= 15 is 0 Å². The molecule has 2 heterocycles. The van der Waals surface area contributed by atoms with Gasteiger partial charge in [0.15, 0.2) is 5.60 Å². The highest BCUT2D eigenvalue weighted by Crippen LogP contribution is 2.20. The lowest BCUT2D eigenvalue weighted by Gasteiger charge is -2.32. The third-order valence-corrected chi connectivity index (χ3v) is 4.04. The van der Waals surface area contributed by atoms with Crippen LogP contribution in [0.25, 0.3) is 0 Å². The van der Waals surface area contributed by atoms with Gasteiger partial charge in [0.05, 0.1) is 11.6 Å². The van der Waals surface area contributed by atoms with Gasteiger partial charge >= 0.3 is 0 Å². The van der Waals surface area contributed by atoms with Crippen molar-refractivity contribution in [1.82, 2.24) is 10.6 Å². The first kappa shape index (κ1) is 12.8. The van der Waals surface area contributed by atoms with Gasteiger partial charge in [-0.2, -0.15) is 11.3 Å². The molecule has 4 nitrogen and oxygen atoms in total. The molecule has 0 saturated carbocycles. The van der Waals surface area contributed by atoms with Crippen molar-refractivity contribution in [3.8, 4) is 0 Å². The molecule has 2 rings (SSSR count). The summed E-state index contributed by atoms with van der Waals surface area (Å²) in [6, 6.07) is 0. The average molecular weight is 275 g/mol. The molecule has 0 bridgehead atoms. The molecule has 1 saturated heterocycles. The Morgan fingerprint density at radius 3 is 3.12 bits per heavy atom. The zero-order valence-electron chi connectivity index (χ0n) is 9.59. The molecule has 1 aromatic heterocycles. The number of hydrogen-bond donors (Lipinski definition) is 2. The molecule has 17 heavy (non-hydrogen) atoms. The van der Waals surface area contributed by atoms with Gasteiger partial charge in [-0.05, 0) is 12.3 Å². The molecule has 1 aliphatic rings. The minimum atomic E-state index is -0.777. The van der Waals surface area contributed by atoms with E-state index in [9.17, 15) is 4.79 Å². The van der Waals surface area contributed by atoms with Gasteiger partial charge < -0.3 is 15.4 Å². The van der Waals surface area contributed by atoms with Gasteiger partial charge in [0.2, 0.25) is 0 Å². The molecule has 6 heteroatoms. The second-order valence-electron chi connectivity index (χ2n) is 4.18. The largest absolute Gasteiger partial charge is 0.363 e. The van der Waals surface area contributed by atoms with Crippen LogP contribution in [-0.4, -0.2) is 31.2 Å². The van der Waals surface area contributed by atoms with Crippen molar-refractivity contribution in [1.29, 1.82) is 0 Å². The van der Waals surface area contributed by atoms with Crippen molar-refractivity contribution >= 4 is 28.8 Å². The summed E-state index contributed by atoms with van der Waals surface area (Å²) in [6.45, 7) is 4.13. The third kappa shape index (κ3) is 2.98. The van der Waals surface area contributed by atoms with Crippen LogP contribution in [0.3, 0.4) is 0 Å². The molecule has 0 spiro atoms. The number of ether oxygens (including phenoxy) is 1. The van der Waals surface area contributed by atoms with Gasteiger partial charge in [0.25, 0.3) is 5.91 Å². The number of carbonyl (C=O) groups is 1. The molecule has 1 aromatic rings. The summed E-state index contributed by atoms with van der Waals surface area (Å²) in [5, 5.41) is 10.5. The number of carbonyl (C=O) groups excluding carboxylic acids is 1. The monoisotopic (exact) mass is 274 g/mol. The second-order valence-corrected chi connectivity index (χ2v) is 5.33. The van der Waals surface area contributed by atoms with Gasteiger partial charge in [-0.15, -0.1) is 0 Å². The summed E-state index contributed by atoms with van der Waals surface area (Å²) < 4.78 is 5.52. The summed E-state index contributed by atoms with van der Waals surface area (Å²) in [6.07, 6.45) is 0. The Hall–Kier alpha value is -0.620. The SMILES string of the molecule is CC1(C(=O)NCc2cscc2Cl)CNCCO1. The molecule has 2 N–H and O–H groups in total. The molecular formula is C11H15ClN2O2S. The van der Waals surface area contributed by atoms with Crippen molar-refractivity contribution in [2.24, 2.45) is 0 Å². The Balaban J connectivity index is 1.91. The Labute approximate surface area is 109 Å². The maximum absolute atomic E-state index is 12.0. The van der Waals surface area contributed by atoms with Crippen molar-refractivity contribution in [2.45, 2.75) is 19.1 Å². The molecule has 0 radical (unpaired) electrons. The summed E-state index contributed by atoms with van der Waals surface area (Å²) >= 11 is 7.48. The summed E-state index contributed by atoms with van der Waals surface area (Å²) in [4.78, 5) is 12.0. The molecule has 1 aliphatic heterocycles. The van der Waals surface area contributed by atoms with Crippen LogP contribution in [0.2, 0.25) is 5.02 Å². The number of morpholine rings is 1. The predicted molar refractivity (Wildman–Crippen MR) is 68.4 cm³/mol. The van der Waals surface area contributed by atoms with Crippen LogP contribution < -0.4 is 10.6 Å². The van der Waals surface area contributed by atoms with E-state index in [0.29, 0.717) is 24.7 Å². The molecule has 94 valence electrons. The maximum Gasteiger partial charge on any atom is 0.253 e. The molecule has 0 aromatic carbocycles. The van der Waals surface area contributed by atoms with E-state index in [0.717, 1.165) is 12.1 Å². The van der Waals surface area contributed by atoms with Gasteiger partial charge in [-0.3, -0.25) is 4.79 Å². The highest BCUT2D eigenvalue weighted by molar-refractivity contribution is 7.08. The van der Waals surface area contributed by atoms with Crippen LogP contribution in [-0.2, 0) is 16.1 Å². The smallest absolute Gasteiger partial charge is 0.253 e. The topological polar surface area (TPSA) is 50.4 Å². The summed E-state index contributed by atoms with van der Waals surface area (Å²) in [7, 11) is 0. The van der Waals surface area contributed by atoms with E-state index in [1.165, 1.54) is 11.3 Å². The van der Waals surface area contributed by atoms with Crippen molar-refractivity contribution in [3.63, 3.8) is 0 Å². The number of hydrogen-bond acceptors (Lipinski definition) is 4. The number of amides is 1. The molecular weight excluding hydrogens is 260 g/mol. The fourth-order valence-corrected chi connectivity index (χ4v) is 2.72. The third-order valence-electron chi connectivity index (χ3n) is 2.77. The van der Waals surface area contributed by atoms with Crippen LogP contribution in [0.15, 0.2) is 10.8 Å². The van der Waals surface area contributed by atoms with E-state index in [1.54, 1.807) is 6.92 Å². The first-order valence-electron chi connectivity index (χ1n) is 5.45. The van der Waals surface area contributed by atoms with Gasteiger partial charge in [-0.25, -0.2) is 0 Å². The highest BCUT2D eigenvalue weighted by atomic mass is 35.5. The first-order valence-corrected chi connectivity index (χ1v) is 6.77. The fraction of sp³-hybridized carbons (Fsp3) is 0.545. The van der Waals surface area contributed by atoms with E-state index in [1.807, 2.05) is 10.8 Å². The standard InChI is InChI=1S/C11H15ClN2O2S/c1-11(7-13-2-3-16-11)10(15)14-4-8-5-17-6-9(8)12/h5-6,13H,2-4,7H2,1H3,(H,14,15). The fourth-order valence-electron chi connectivity index (χ4n) is 1.67. The van der Waals surface area contributed by atoms with Crippen molar-refractivity contribution < 1.29 is 9.53 Å². The normalized spacial score (nSPS) is 24.6. The van der Waals surface area contributed by atoms with Crippen LogP contribution in [0.5, 0.6) is 0 Å². The van der Waals surface area contributed by atoms with Crippen molar-refractivity contribution in [3.05, 3.63) is 21.3 Å². The molecule has 1 unspecified atom stereocenters. The summed E-state index contributed by atoms with van der Waals surface area (Å²) in [5.41, 5.74) is 0.165. The number of thiophene rings is 1. The minimum Gasteiger partial charge on any atom is -0.363 e. The molecule has 1 atom stereocenters. The Bertz CT molecular complexity index is 402. The van der Waals surface area contributed by atoms with Gasteiger partial charge in [0, 0.05) is 30.6 Å². The second kappa shape index (κ2) is 5.35. The van der Waals surface area contributed by atoms with Crippen molar-refractivity contribution in [2.75, 3.05) is 19.7 Å². The lowest BCUT2D eigenvalue weighted by Crippen LogP contribution is -2.56. The van der Waals surface area contributed by atoms with E-state index < -0.39 is 5.60 Å². The highest BCUT2D eigenvalue weighted by Gasteiger charge is 2.35. The lowest BCUT2D eigenvalue weighted by molar-refractivity contribution is -0.148. The Morgan fingerprint density at radius 2 is 2.53 bits per heavy atom. The molecule has 0 aliphatic carbocycles. The quantitative estimate of drug-likeness (QED) is 0.876. The zero-order chi connectivity index (χ0) is 12.3. The van der Waals surface area contributed by atoms with Crippen LogP contribution in [0.4, 0.5) is 0 Å².